The van der Waals surface area contributed by atoms with Gasteiger partial charge in [0.2, 0.25) is 0 Å². The van der Waals surface area contributed by atoms with Crippen LogP contribution in [0.4, 0.5) is 8.78 Å². The molecule has 1 heterocycles. The Labute approximate surface area is 124 Å². The van der Waals surface area contributed by atoms with Crippen LogP contribution in [0, 0.1) is 18.6 Å². The van der Waals surface area contributed by atoms with Gasteiger partial charge in [-0.3, -0.25) is 4.68 Å². The molecule has 0 saturated carbocycles. The molecule has 0 saturated heterocycles. The van der Waals surface area contributed by atoms with Crippen molar-refractivity contribution in [2.75, 3.05) is 0 Å². The first-order valence-electron chi connectivity index (χ1n) is 6.91. The lowest BCUT2D eigenvalue weighted by Crippen LogP contribution is -2.35. The van der Waals surface area contributed by atoms with Crippen molar-refractivity contribution in [2.45, 2.75) is 39.8 Å². The fourth-order valence-corrected chi connectivity index (χ4v) is 2.08. The van der Waals surface area contributed by atoms with Crippen LogP contribution in [0.5, 0.6) is 0 Å². The van der Waals surface area contributed by atoms with Crippen molar-refractivity contribution < 1.29 is 8.78 Å². The molecule has 0 spiro atoms. The number of hydrogen-bond donors (Lipinski definition) is 1. The van der Waals surface area contributed by atoms with Crippen LogP contribution in [0.15, 0.2) is 18.3 Å². The first-order valence-corrected chi connectivity index (χ1v) is 6.91. The molecule has 0 radical (unpaired) electrons. The van der Waals surface area contributed by atoms with E-state index in [-0.39, 0.29) is 11.1 Å². The largest absolute Gasteiger partial charge is 0.308 e. The number of nitrogens with one attached hydrogen (secondary N) is 1. The molecule has 21 heavy (non-hydrogen) atoms. The molecular weight excluding hydrogens is 272 g/mol. The Morgan fingerprint density at radius 1 is 1.19 bits per heavy atom. The van der Waals surface area contributed by atoms with Gasteiger partial charge in [0.05, 0.1) is 5.69 Å². The van der Waals surface area contributed by atoms with Crippen LogP contribution in [-0.2, 0) is 13.6 Å². The second-order valence-electron chi connectivity index (χ2n) is 6.36. The van der Waals surface area contributed by atoms with E-state index < -0.39 is 11.6 Å². The summed E-state index contributed by atoms with van der Waals surface area (Å²) in [6.07, 6.45) is 1.82. The third-order valence-electron chi connectivity index (χ3n) is 3.22. The number of rotatable bonds is 3. The summed E-state index contributed by atoms with van der Waals surface area (Å²) in [5.41, 5.74) is 1.75. The minimum Gasteiger partial charge on any atom is -0.308 e. The zero-order valence-corrected chi connectivity index (χ0v) is 13.1. The lowest BCUT2D eigenvalue weighted by Gasteiger charge is -2.20. The summed E-state index contributed by atoms with van der Waals surface area (Å²) in [6.45, 7) is 8.24. The van der Waals surface area contributed by atoms with Gasteiger partial charge < -0.3 is 5.32 Å². The van der Waals surface area contributed by atoms with Crippen molar-refractivity contribution in [1.82, 2.24) is 15.1 Å². The molecule has 2 aromatic rings. The van der Waals surface area contributed by atoms with E-state index in [0.717, 1.165) is 5.56 Å². The zero-order valence-electron chi connectivity index (χ0n) is 13.1. The van der Waals surface area contributed by atoms with Crippen LogP contribution in [0.1, 0.15) is 31.9 Å². The van der Waals surface area contributed by atoms with E-state index in [1.807, 2.05) is 6.20 Å². The van der Waals surface area contributed by atoms with E-state index in [1.165, 1.54) is 12.1 Å². The van der Waals surface area contributed by atoms with Gasteiger partial charge in [-0.25, -0.2) is 8.78 Å². The monoisotopic (exact) mass is 293 g/mol. The van der Waals surface area contributed by atoms with E-state index in [9.17, 15) is 8.78 Å². The summed E-state index contributed by atoms with van der Waals surface area (Å²) in [7, 11) is 1.77. The van der Waals surface area contributed by atoms with Crippen LogP contribution in [0.25, 0.3) is 11.3 Å². The molecule has 1 N–H and O–H groups in total. The highest BCUT2D eigenvalue weighted by Gasteiger charge is 2.18. The second kappa shape index (κ2) is 5.56. The number of benzene rings is 1. The molecule has 0 atom stereocenters. The Hall–Kier alpha value is -1.75. The Morgan fingerprint density at radius 2 is 1.86 bits per heavy atom. The summed E-state index contributed by atoms with van der Waals surface area (Å²) in [6, 6.07) is 2.42. The van der Waals surface area contributed by atoms with Gasteiger partial charge in [-0.1, -0.05) is 0 Å². The molecule has 1 aromatic carbocycles. The molecule has 0 aliphatic rings. The number of aromatic nitrogens is 2. The van der Waals surface area contributed by atoms with Crippen molar-refractivity contribution in [2.24, 2.45) is 7.05 Å². The lowest BCUT2D eigenvalue weighted by atomic mass is 10.0. The highest BCUT2D eigenvalue weighted by molar-refractivity contribution is 5.64. The van der Waals surface area contributed by atoms with Gasteiger partial charge in [0.15, 0.2) is 0 Å². The van der Waals surface area contributed by atoms with Crippen molar-refractivity contribution in [3.8, 4) is 11.3 Å². The maximum atomic E-state index is 14.1. The molecule has 0 aliphatic heterocycles. The minimum atomic E-state index is -0.454. The van der Waals surface area contributed by atoms with E-state index in [1.54, 1.807) is 18.7 Å². The molecule has 0 unspecified atom stereocenters. The number of nitrogens with zero attached hydrogens (tertiary/aromatic N) is 2. The van der Waals surface area contributed by atoms with Crippen LogP contribution >= 0.6 is 0 Å². The van der Waals surface area contributed by atoms with Crippen LogP contribution in [0.2, 0.25) is 0 Å². The van der Waals surface area contributed by atoms with Gasteiger partial charge in [0.25, 0.3) is 0 Å². The quantitative estimate of drug-likeness (QED) is 0.937. The number of halogens is 2. The van der Waals surface area contributed by atoms with E-state index in [0.29, 0.717) is 17.8 Å². The topological polar surface area (TPSA) is 29.9 Å². The van der Waals surface area contributed by atoms with Gasteiger partial charge in [-0.15, -0.1) is 0 Å². The smallest absolute Gasteiger partial charge is 0.133 e. The van der Waals surface area contributed by atoms with E-state index >= 15 is 0 Å². The first-order chi connectivity index (χ1) is 9.67. The van der Waals surface area contributed by atoms with Crippen LogP contribution in [-0.4, -0.2) is 15.3 Å². The third kappa shape index (κ3) is 3.67. The lowest BCUT2D eigenvalue weighted by molar-refractivity contribution is 0.424. The standard InChI is InChI=1S/C16H21F2N3/c1-10-6-14(18)12(7-13(10)17)15-11(9-21(5)20-15)8-19-16(2,3)4/h6-7,9,19H,8H2,1-5H3. The molecule has 2 rings (SSSR count). The molecule has 114 valence electrons. The molecule has 0 amide bonds. The van der Waals surface area contributed by atoms with Crippen molar-refractivity contribution in [1.29, 1.82) is 0 Å². The Bertz CT molecular complexity index is 654. The molecule has 0 bridgehead atoms. The third-order valence-corrected chi connectivity index (χ3v) is 3.22. The average Bonchev–Trinajstić information content (AvgIpc) is 2.71. The van der Waals surface area contributed by atoms with Crippen LogP contribution < -0.4 is 5.32 Å². The Kier molecular flexibility index (Phi) is 4.14. The molecule has 5 heteroatoms. The molecule has 0 aliphatic carbocycles. The number of hydrogen-bond acceptors (Lipinski definition) is 2. The van der Waals surface area contributed by atoms with Crippen molar-refractivity contribution in [3.05, 3.63) is 41.1 Å². The predicted octanol–water partition coefficient (Wildman–Crippen LogP) is 3.56. The van der Waals surface area contributed by atoms with Crippen molar-refractivity contribution in [3.63, 3.8) is 0 Å². The molecule has 0 fully saturated rings. The fourth-order valence-electron chi connectivity index (χ4n) is 2.08. The van der Waals surface area contributed by atoms with Crippen LogP contribution in [0.3, 0.4) is 0 Å². The minimum absolute atomic E-state index is 0.0653. The van der Waals surface area contributed by atoms with E-state index in [4.69, 9.17) is 0 Å². The molecule has 1 aromatic heterocycles. The summed E-state index contributed by atoms with van der Waals surface area (Å²) < 4.78 is 29.5. The van der Waals surface area contributed by atoms with Crippen molar-refractivity contribution >= 4 is 0 Å². The molecular formula is C16H21F2N3. The van der Waals surface area contributed by atoms with Gasteiger partial charge in [-0.2, -0.15) is 5.10 Å². The highest BCUT2D eigenvalue weighted by atomic mass is 19.1. The summed E-state index contributed by atoms with van der Waals surface area (Å²) >= 11 is 0. The summed E-state index contributed by atoms with van der Waals surface area (Å²) in [5.74, 6) is -0.878. The Morgan fingerprint density at radius 3 is 2.48 bits per heavy atom. The predicted molar refractivity (Wildman–Crippen MR) is 79.9 cm³/mol. The highest BCUT2D eigenvalue weighted by Crippen LogP contribution is 2.27. The van der Waals surface area contributed by atoms with Gasteiger partial charge in [-0.05, 0) is 45.4 Å². The van der Waals surface area contributed by atoms with Gasteiger partial charge in [0, 0.05) is 36.5 Å². The normalized spacial score (nSPS) is 12.0. The first kappa shape index (κ1) is 15.6. The zero-order chi connectivity index (χ0) is 15.8. The summed E-state index contributed by atoms with van der Waals surface area (Å²) in [4.78, 5) is 0. The van der Waals surface area contributed by atoms with E-state index in [2.05, 4.69) is 31.2 Å². The van der Waals surface area contributed by atoms with Gasteiger partial charge in [0.1, 0.15) is 11.6 Å². The average molecular weight is 293 g/mol. The maximum absolute atomic E-state index is 14.1. The SMILES string of the molecule is Cc1cc(F)c(-c2nn(C)cc2CNC(C)(C)C)cc1F. The van der Waals surface area contributed by atoms with Gasteiger partial charge >= 0.3 is 0 Å². The Balaban J connectivity index is 2.43. The fraction of sp³-hybridized carbons (Fsp3) is 0.438. The maximum Gasteiger partial charge on any atom is 0.133 e. The number of aryl methyl sites for hydroxylation is 2. The molecule has 3 nitrogen and oxygen atoms in total. The summed E-state index contributed by atoms with van der Waals surface area (Å²) in [5, 5.41) is 7.62. The second-order valence-corrected chi connectivity index (χ2v) is 6.36.